The highest BCUT2D eigenvalue weighted by Crippen LogP contribution is 2.38. The predicted octanol–water partition coefficient (Wildman–Crippen LogP) is 1.71. The Hall–Kier alpha value is -1.36. The molecule has 0 saturated carbocycles. The number of rotatable bonds is 3. The third-order valence-corrected chi connectivity index (χ3v) is 4.15. The molecule has 104 valence electrons. The number of fused-ring (bicyclic) bond motifs is 2. The molecule has 3 heterocycles. The molecule has 1 aromatic heterocycles. The molecule has 3 rings (SSSR count). The number of nitrogens with one attached hydrogen (secondary N) is 1. The van der Waals surface area contributed by atoms with E-state index in [1.54, 1.807) is 0 Å². The number of hydrogen-bond donors (Lipinski definition) is 2. The van der Waals surface area contributed by atoms with Gasteiger partial charge in [0.1, 0.15) is 5.82 Å². The van der Waals surface area contributed by atoms with Gasteiger partial charge in [-0.05, 0) is 39.5 Å². The van der Waals surface area contributed by atoms with Gasteiger partial charge in [0.2, 0.25) is 5.95 Å². The highest BCUT2D eigenvalue weighted by atomic mass is 16.3. The van der Waals surface area contributed by atoms with E-state index in [1.165, 1.54) is 12.8 Å². The van der Waals surface area contributed by atoms with Crippen molar-refractivity contribution in [2.24, 2.45) is 0 Å². The van der Waals surface area contributed by atoms with Crippen LogP contribution in [-0.2, 0) is 0 Å². The second kappa shape index (κ2) is 4.96. The van der Waals surface area contributed by atoms with Crippen molar-refractivity contribution in [2.75, 3.05) is 16.8 Å². The average molecular weight is 262 g/mol. The maximum Gasteiger partial charge on any atom is 0.224 e. The molecule has 0 aromatic carbocycles. The predicted molar refractivity (Wildman–Crippen MR) is 75.5 cm³/mol. The summed E-state index contributed by atoms with van der Waals surface area (Å²) in [5.74, 6) is 1.73. The Bertz CT molecular complexity index is 451. The molecular formula is C14H22N4O. The van der Waals surface area contributed by atoms with Crippen LogP contribution in [0.2, 0.25) is 0 Å². The molecule has 19 heavy (non-hydrogen) atoms. The second-order valence-corrected chi connectivity index (χ2v) is 5.64. The van der Waals surface area contributed by atoms with Gasteiger partial charge in [0.05, 0.1) is 6.10 Å². The van der Waals surface area contributed by atoms with Gasteiger partial charge < -0.3 is 15.3 Å². The number of nitrogens with zero attached hydrogens (tertiary/aromatic N) is 3. The normalized spacial score (nSPS) is 29.6. The molecule has 2 fully saturated rings. The quantitative estimate of drug-likeness (QED) is 0.868. The van der Waals surface area contributed by atoms with Crippen molar-refractivity contribution in [1.82, 2.24) is 9.97 Å². The van der Waals surface area contributed by atoms with Crippen LogP contribution in [0.4, 0.5) is 11.8 Å². The number of hydrogen-bond acceptors (Lipinski definition) is 5. The fraction of sp³-hybridized carbons (Fsp3) is 0.714. The molecule has 2 aliphatic rings. The number of aliphatic hydroxyl groups is 1. The van der Waals surface area contributed by atoms with Gasteiger partial charge in [-0.3, -0.25) is 0 Å². The molecule has 0 radical (unpaired) electrons. The first-order chi connectivity index (χ1) is 9.17. The van der Waals surface area contributed by atoms with Crippen molar-refractivity contribution >= 4 is 11.8 Å². The molecule has 0 spiro atoms. The van der Waals surface area contributed by atoms with E-state index < -0.39 is 0 Å². The van der Waals surface area contributed by atoms with Gasteiger partial charge in [0.25, 0.3) is 0 Å². The number of piperidine rings is 1. The third kappa shape index (κ3) is 2.39. The first-order valence-corrected chi connectivity index (χ1v) is 7.23. The molecule has 2 saturated heterocycles. The van der Waals surface area contributed by atoms with E-state index in [2.05, 4.69) is 26.3 Å². The summed E-state index contributed by atoms with van der Waals surface area (Å²) in [5, 5.41) is 13.1. The van der Waals surface area contributed by atoms with Crippen LogP contribution >= 0.6 is 0 Å². The summed E-state index contributed by atoms with van der Waals surface area (Å²) in [4.78, 5) is 11.4. The first-order valence-electron chi connectivity index (χ1n) is 7.23. The van der Waals surface area contributed by atoms with E-state index in [-0.39, 0.29) is 6.10 Å². The van der Waals surface area contributed by atoms with Crippen LogP contribution in [-0.4, -0.2) is 39.8 Å². The molecule has 0 amide bonds. The molecule has 2 unspecified atom stereocenters. The summed E-state index contributed by atoms with van der Waals surface area (Å²) in [6.45, 7) is 4.88. The number of aliphatic hydroxyl groups excluding tert-OH is 1. The van der Waals surface area contributed by atoms with Crippen LogP contribution in [0.15, 0.2) is 6.07 Å². The van der Waals surface area contributed by atoms with Gasteiger partial charge in [-0.2, -0.15) is 4.98 Å². The summed E-state index contributed by atoms with van der Waals surface area (Å²) in [6, 6.07) is 2.94. The maximum atomic E-state index is 9.88. The Morgan fingerprint density at radius 3 is 2.63 bits per heavy atom. The lowest BCUT2D eigenvalue weighted by atomic mass is 10.00. The lowest BCUT2D eigenvalue weighted by molar-refractivity contribution is 0.126. The first kappa shape index (κ1) is 12.7. The molecule has 0 aliphatic carbocycles. The van der Waals surface area contributed by atoms with E-state index in [4.69, 9.17) is 0 Å². The van der Waals surface area contributed by atoms with Gasteiger partial charge in [-0.25, -0.2) is 4.98 Å². The van der Waals surface area contributed by atoms with Crippen LogP contribution in [0.3, 0.4) is 0 Å². The zero-order chi connectivity index (χ0) is 13.4. The standard InChI is InChI=1S/C14H22N4O/c1-3-15-14-16-9(2)6-13(17-14)18-10-4-5-11(18)8-12(19)7-10/h6,10-12,19H,3-5,7-8H2,1-2H3,(H,15,16,17). The molecule has 2 atom stereocenters. The SMILES string of the molecule is CCNc1nc(C)cc(N2C3CCC2CC(O)C3)n1. The Labute approximate surface area is 114 Å². The molecule has 2 aliphatic heterocycles. The van der Waals surface area contributed by atoms with Gasteiger partial charge in [0, 0.05) is 30.4 Å². The van der Waals surface area contributed by atoms with Crippen LogP contribution < -0.4 is 10.2 Å². The Balaban J connectivity index is 1.90. The summed E-state index contributed by atoms with van der Waals surface area (Å²) >= 11 is 0. The molecule has 5 nitrogen and oxygen atoms in total. The van der Waals surface area contributed by atoms with Crippen molar-refractivity contribution in [3.63, 3.8) is 0 Å². The van der Waals surface area contributed by atoms with Crippen molar-refractivity contribution < 1.29 is 5.11 Å². The van der Waals surface area contributed by atoms with Crippen molar-refractivity contribution in [3.8, 4) is 0 Å². The summed E-state index contributed by atoms with van der Waals surface area (Å²) in [5.41, 5.74) is 0.992. The summed E-state index contributed by atoms with van der Waals surface area (Å²) in [7, 11) is 0. The van der Waals surface area contributed by atoms with Crippen LogP contribution in [0.25, 0.3) is 0 Å². The summed E-state index contributed by atoms with van der Waals surface area (Å²) < 4.78 is 0. The largest absolute Gasteiger partial charge is 0.393 e. The minimum atomic E-state index is -0.134. The topological polar surface area (TPSA) is 61.3 Å². The lowest BCUT2D eigenvalue weighted by Gasteiger charge is -2.38. The average Bonchev–Trinajstić information content (AvgIpc) is 2.61. The van der Waals surface area contributed by atoms with Gasteiger partial charge in [-0.1, -0.05) is 0 Å². The fourth-order valence-corrected chi connectivity index (χ4v) is 3.44. The summed E-state index contributed by atoms with van der Waals surface area (Å²) in [6.07, 6.45) is 3.94. The highest BCUT2D eigenvalue weighted by Gasteiger charge is 2.40. The molecule has 5 heteroatoms. The Kier molecular flexibility index (Phi) is 3.31. The smallest absolute Gasteiger partial charge is 0.224 e. The van der Waals surface area contributed by atoms with E-state index in [0.29, 0.717) is 18.0 Å². The van der Waals surface area contributed by atoms with Gasteiger partial charge in [0.15, 0.2) is 0 Å². The minimum Gasteiger partial charge on any atom is -0.393 e. The van der Waals surface area contributed by atoms with E-state index >= 15 is 0 Å². The van der Waals surface area contributed by atoms with Crippen LogP contribution in [0.1, 0.15) is 38.3 Å². The van der Waals surface area contributed by atoms with Gasteiger partial charge >= 0.3 is 0 Å². The van der Waals surface area contributed by atoms with E-state index in [9.17, 15) is 5.11 Å². The van der Waals surface area contributed by atoms with Crippen molar-refractivity contribution in [2.45, 2.75) is 57.7 Å². The maximum absolute atomic E-state index is 9.88. The van der Waals surface area contributed by atoms with Crippen molar-refractivity contribution in [3.05, 3.63) is 11.8 Å². The zero-order valence-corrected chi connectivity index (χ0v) is 11.6. The lowest BCUT2D eigenvalue weighted by Crippen LogP contribution is -2.45. The Morgan fingerprint density at radius 1 is 1.32 bits per heavy atom. The van der Waals surface area contributed by atoms with Crippen LogP contribution in [0.5, 0.6) is 0 Å². The monoisotopic (exact) mass is 262 g/mol. The molecule has 2 N–H and O–H groups in total. The third-order valence-electron chi connectivity index (χ3n) is 4.15. The van der Waals surface area contributed by atoms with Crippen molar-refractivity contribution in [1.29, 1.82) is 0 Å². The van der Waals surface area contributed by atoms with E-state index in [1.807, 2.05) is 13.8 Å². The van der Waals surface area contributed by atoms with Crippen LogP contribution in [0, 0.1) is 6.92 Å². The molecule has 1 aromatic rings. The molecule has 2 bridgehead atoms. The number of aryl methyl sites for hydroxylation is 1. The fourth-order valence-electron chi connectivity index (χ4n) is 3.44. The molecular weight excluding hydrogens is 240 g/mol. The van der Waals surface area contributed by atoms with E-state index in [0.717, 1.165) is 30.9 Å². The number of aromatic nitrogens is 2. The van der Waals surface area contributed by atoms with Gasteiger partial charge in [-0.15, -0.1) is 0 Å². The highest BCUT2D eigenvalue weighted by molar-refractivity contribution is 5.48. The Morgan fingerprint density at radius 2 is 2.00 bits per heavy atom. The minimum absolute atomic E-state index is 0.134. The number of anilines is 2. The zero-order valence-electron chi connectivity index (χ0n) is 11.6. The second-order valence-electron chi connectivity index (χ2n) is 5.64.